The molecule has 0 fully saturated rings. The Morgan fingerprint density at radius 1 is 0.714 bits per heavy atom. The second-order valence-electron chi connectivity index (χ2n) is 9.52. The van der Waals surface area contributed by atoms with Crippen LogP contribution in [0.5, 0.6) is 11.5 Å². The minimum absolute atomic E-state index is 0.0812. The molecule has 0 aliphatic carbocycles. The molecular weight excluding hydrogens is 552 g/mol. The average Bonchev–Trinajstić information content (AvgIpc) is 2.99. The summed E-state index contributed by atoms with van der Waals surface area (Å²) in [5, 5.41) is 0. The number of hydrogen-bond donors (Lipinski definition) is 0. The molecule has 0 aliphatic heterocycles. The number of esters is 2. The Kier molecular flexibility index (Phi) is 12.4. The molecule has 0 aromatic heterocycles. The third-order valence-electron chi connectivity index (χ3n) is 6.11. The number of rotatable bonds is 14. The van der Waals surface area contributed by atoms with Gasteiger partial charge >= 0.3 is 24.3 Å². The van der Waals surface area contributed by atoms with E-state index in [2.05, 4.69) is 23.5 Å². The molecule has 0 atom stereocenters. The molecule has 0 amide bonds. The van der Waals surface area contributed by atoms with Crippen LogP contribution in [-0.2, 0) is 4.74 Å². The van der Waals surface area contributed by atoms with Gasteiger partial charge in [0.05, 0.1) is 17.7 Å². The summed E-state index contributed by atoms with van der Waals surface area (Å²) in [5.41, 5.74) is 1.60. The number of carbonyl (C=O) groups is 2. The van der Waals surface area contributed by atoms with E-state index in [1.807, 2.05) is 24.3 Å². The molecule has 0 N–H and O–H groups in total. The highest BCUT2D eigenvalue weighted by Gasteiger charge is 2.42. The van der Waals surface area contributed by atoms with Gasteiger partial charge in [0, 0.05) is 11.1 Å². The Balaban J connectivity index is 1.46. The molecule has 5 nitrogen and oxygen atoms in total. The van der Waals surface area contributed by atoms with E-state index in [0.717, 1.165) is 17.7 Å². The minimum Gasteiger partial charge on any atom is -0.494 e. The van der Waals surface area contributed by atoms with Crippen LogP contribution in [0.4, 0.5) is 17.6 Å². The van der Waals surface area contributed by atoms with Crippen LogP contribution in [0.25, 0.3) is 0 Å². The summed E-state index contributed by atoms with van der Waals surface area (Å²) in [4.78, 5) is 24.3. The van der Waals surface area contributed by atoms with E-state index in [1.54, 1.807) is 24.3 Å². The lowest BCUT2D eigenvalue weighted by Gasteiger charge is -2.15. The molecule has 0 saturated heterocycles. The van der Waals surface area contributed by atoms with Gasteiger partial charge in [-0.05, 0) is 79.2 Å². The molecule has 0 unspecified atom stereocenters. The molecule has 3 aromatic carbocycles. The van der Waals surface area contributed by atoms with Crippen molar-refractivity contribution in [3.05, 3.63) is 95.1 Å². The van der Waals surface area contributed by atoms with Gasteiger partial charge in [-0.15, -0.1) is 0 Å². The fourth-order valence-corrected chi connectivity index (χ4v) is 3.67. The first-order valence-electron chi connectivity index (χ1n) is 13.7. The van der Waals surface area contributed by atoms with Crippen molar-refractivity contribution in [1.29, 1.82) is 0 Å². The van der Waals surface area contributed by atoms with Crippen LogP contribution in [0.3, 0.4) is 0 Å². The van der Waals surface area contributed by atoms with Crippen molar-refractivity contribution >= 4 is 11.9 Å². The molecule has 0 aliphatic rings. The monoisotopic (exact) mass is 584 g/mol. The van der Waals surface area contributed by atoms with Crippen molar-refractivity contribution in [2.24, 2.45) is 0 Å². The highest BCUT2D eigenvalue weighted by Crippen LogP contribution is 2.24. The summed E-state index contributed by atoms with van der Waals surface area (Å²) < 4.78 is 65.5. The van der Waals surface area contributed by atoms with Crippen LogP contribution in [0.1, 0.15) is 77.3 Å². The van der Waals surface area contributed by atoms with E-state index < -0.39 is 30.9 Å². The Hall–Kier alpha value is -4.32. The SMILES string of the molecule is CCCCCCCCOc1ccc(C#Cc2ccc(C(=O)Oc3ccc(C(=O)OCC(F)(F)C(F)F)cc3)cc2)cc1. The third kappa shape index (κ3) is 10.6. The third-order valence-corrected chi connectivity index (χ3v) is 6.11. The van der Waals surface area contributed by atoms with Gasteiger partial charge in [0.2, 0.25) is 0 Å². The minimum atomic E-state index is -4.44. The summed E-state index contributed by atoms with van der Waals surface area (Å²) in [5.74, 6) is 0.676. The summed E-state index contributed by atoms with van der Waals surface area (Å²) in [7, 11) is 0. The zero-order valence-corrected chi connectivity index (χ0v) is 23.2. The number of alkyl halides is 4. The van der Waals surface area contributed by atoms with Gasteiger partial charge in [-0.3, -0.25) is 0 Å². The van der Waals surface area contributed by atoms with Crippen LogP contribution in [-0.4, -0.2) is 37.5 Å². The van der Waals surface area contributed by atoms with Gasteiger partial charge in [-0.2, -0.15) is 8.78 Å². The molecule has 0 saturated carbocycles. The quantitative estimate of drug-likeness (QED) is 0.0630. The standard InChI is InChI=1S/C33H32F4O5/c1-2-3-4-5-6-7-22-40-28-18-12-25(13-19-28)9-8-24-10-14-27(15-11-24)31(39)42-29-20-16-26(17-21-29)30(38)41-23-33(36,37)32(34)35/h10-21,32H,2-7,22-23H2,1H3. The molecular formula is C33H32F4O5. The predicted molar refractivity (Wildman–Crippen MR) is 150 cm³/mol. The maximum atomic E-state index is 12.9. The van der Waals surface area contributed by atoms with Crippen LogP contribution in [0, 0.1) is 11.8 Å². The highest BCUT2D eigenvalue weighted by molar-refractivity contribution is 5.92. The van der Waals surface area contributed by atoms with E-state index >= 15 is 0 Å². The Morgan fingerprint density at radius 3 is 1.81 bits per heavy atom. The van der Waals surface area contributed by atoms with Crippen molar-refractivity contribution in [2.75, 3.05) is 13.2 Å². The maximum Gasteiger partial charge on any atom is 0.343 e. The Bertz CT molecular complexity index is 1340. The number of unbranched alkanes of at least 4 members (excludes halogenated alkanes) is 5. The van der Waals surface area contributed by atoms with Crippen molar-refractivity contribution in [3.63, 3.8) is 0 Å². The normalized spacial score (nSPS) is 11.0. The van der Waals surface area contributed by atoms with E-state index in [9.17, 15) is 27.2 Å². The van der Waals surface area contributed by atoms with Gasteiger partial charge in [-0.25, -0.2) is 18.4 Å². The molecule has 0 heterocycles. The van der Waals surface area contributed by atoms with E-state index in [1.165, 1.54) is 56.4 Å². The van der Waals surface area contributed by atoms with Crippen molar-refractivity contribution in [2.45, 2.75) is 57.8 Å². The van der Waals surface area contributed by atoms with Gasteiger partial charge < -0.3 is 14.2 Å². The molecule has 3 aromatic rings. The number of carbonyl (C=O) groups excluding carboxylic acids is 2. The number of benzene rings is 3. The van der Waals surface area contributed by atoms with Crippen molar-refractivity contribution in [3.8, 4) is 23.3 Å². The number of halogens is 4. The molecule has 9 heteroatoms. The van der Waals surface area contributed by atoms with E-state index in [0.29, 0.717) is 12.2 Å². The summed E-state index contributed by atoms with van der Waals surface area (Å²) in [6.45, 7) is 1.15. The zero-order chi connectivity index (χ0) is 30.4. The van der Waals surface area contributed by atoms with Gasteiger partial charge in [0.15, 0.2) is 6.61 Å². The van der Waals surface area contributed by atoms with Gasteiger partial charge in [0.25, 0.3) is 0 Å². The van der Waals surface area contributed by atoms with Crippen LogP contribution in [0.15, 0.2) is 72.8 Å². The molecule has 3 rings (SSSR count). The van der Waals surface area contributed by atoms with E-state index in [4.69, 9.17) is 9.47 Å². The first-order chi connectivity index (χ1) is 20.2. The lowest BCUT2D eigenvalue weighted by molar-refractivity contribution is -0.155. The lowest BCUT2D eigenvalue weighted by Crippen LogP contribution is -2.33. The Morgan fingerprint density at radius 2 is 1.21 bits per heavy atom. The summed E-state index contributed by atoms with van der Waals surface area (Å²) in [6, 6.07) is 18.9. The van der Waals surface area contributed by atoms with Gasteiger partial charge in [-0.1, -0.05) is 50.9 Å². The molecule has 0 bridgehead atoms. The molecule has 42 heavy (non-hydrogen) atoms. The second kappa shape index (κ2) is 16.2. The van der Waals surface area contributed by atoms with Crippen LogP contribution >= 0.6 is 0 Å². The highest BCUT2D eigenvalue weighted by atomic mass is 19.3. The largest absolute Gasteiger partial charge is 0.494 e. The van der Waals surface area contributed by atoms with Crippen LogP contribution in [0.2, 0.25) is 0 Å². The smallest absolute Gasteiger partial charge is 0.343 e. The van der Waals surface area contributed by atoms with Crippen molar-refractivity contribution in [1.82, 2.24) is 0 Å². The second-order valence-corrected chi connectivity index (χ2v) is 9.52. The fraction of sp³-hybridized carbons (Fsp3) is 0.333. The lowest BCUT2D eigenvalue weighted by atomic mass is 10.1. The first-order valence-corrected chi connectivity index (χ1v) is 13.7. The summed E-state index contributed by atoms with van der Waals surface area (Å²) >= 11 is 0. The molecule has 0 radical (unpaired) electrons. The maximum absolute atomic E-state index is 12.9. The van der Waals surface area contributed by atoms with Gasteiger partial charge in [0.1, 0.15) is 11.5 Å². The molecule has 222 valence electrons. The Labute approximate surface area is 242 Å². The van der Waals surface area contributed by atoms with Crippen LogP contribution < -0.4 is 9.47 Å². The number of ether oxygens (including phenoxy) is 3. The van der Waals surface area contributed by atoms with E-state index in [-0.39, 0.29) is 16.9 Å². The number of hydrogen-bond acceptors (Lipinski definition) is 5. The summed E-state index contributed by atoms with van der Waals surface area (Å²) in [6.07, 6.45) is 3.30. The predicted octanol–water partition coefficient (Wildman–Crippen LogP) is 8.10. The fourth-order valence-electron chi connectivity index (χ4n) is 3.67. The van der Waals surface area contributed by atoms with Crippen molar-refractivity contribution < 1.29 is 41.4 Å². The average molecular weight is 585 g/mol. The topological polar surface area (TPSA) is 61.8 Å². The first kappa shape index (κ1) is 32.2. The molecule has 0 spiro atoms. The zero-order valence-electron chi connectivity index (χ0n) is 23.2.